The maximum absolute atomic E-state index is 13.6. The highest BCUT2D eigenvalue weighted by atomic mass is 32.2. The smallest absolute Gasteiger partial charge is 0.317 e. The molecule has 0 aromatic heterocycles. The molecular weight excluding hydrogens is 508 g/mol. The summed E-state index contributed by atoms with van der Waals surface area (Å²) >= 11 is 0. The van der Waals surface area contributed by atoms with Gasteiger partial charge in [0, 0.05) is 25.6 Å². The van der Waals surface area contributed by atoms with Gasteiger partial charge in [-0.25, -0.2) is 13.2 Å². The average molecular weight is 547 g/mol. The van der Waals surface area contributed by atoms with Crippen LogP contribution in [0.2, 0.25) is 0 Å². The third-order valence-corrected chi connectivity index (χ3v) is 7.86. The number of anilines is 1. The van der Waals surface area contributed by atoms with Gasteiger partial charge in [-0.2, -0.15) is 0 Å². The standard InChI is InChI=1S/C27H38N4O6S/c1-17(2)28-27(34)30(6)15-24-19(4)14-31(20(5)16-32)26(33)22-8-7-9-23(25(22)37-24)29-38(35,36)21-12-10-18(3)11-13-21/h7-13,17,19-20,24,29,32H,14-16H2,1-6H3,(H,28,34)/t19-,20+,24-/m0/s1. The largest absolute Gasteiger partial charge is 0.485 e. The molecule has 0 aliphatic carbocycles. The zero-order chi connectivity index (χ0) is 28.2. The Hall–Kier alpha value is -3.31. The van der Waals surface area contributed by atoms with E-state index in [0.717, 1.165) is 5.56 Å². The second kappa shape index (κ2) is 12.0. The molecule has 0 radical (unpaired) electrons. The summed E-state index contributed by atoms with van der Waals surface area (Å²) in [6.45, 7) is 9.46. The highest BCUT2D eigenvalue weighted by Crippen LogP contribution is 2.36. The van der Waals surface area contributed by atoms with Crippen molar-refractivity contribution in [3.8, 4) is 5.75 Å². The second-order valence-corrected chi connectivity index (χ2v) is 11.9. The summed E-state index contributed by atoms with van der Waals surface area (Å²) in [7, 11) is -2.34. The molecule has 208 valence electrons. The number of sulfonamides is 1. The summed E-state index contributed by atoms with van der Waals surface area (Å²) in [5.74, 6) is -0.552. The van der Waals surface area contributed by atoms with Crippen LogP contribution in [0.5, 0.6) is 5.75 Å². The maximum atomic E-state index is 13.6. The fraction of sp³-hybridized carbons (Fsp3) is 0.481. The Balaban J connectivity index is 2.05. The lowest BCUT2D eigenvalue weighted by Crippen LogP contribution is -2.51. The number of aliphatic hydroxyl groups excluding tert-OH is 1. The Morgan fingerprint density at radius 2 is 1.84 bits per heavy atom. The van der Waals surface area contributed by atoms with E-state index in [1.54, 1.807) is 43.1 Å². The van der Waals surface area contributed by atoms with Gasteiger partial charge < -0.3 is 25.0 Å². The summed E-state index contributed by atoms with van der Waals surface area (Å²) in [6.07, 6.45) is -0.580. The van der Waals surface area contributed by atoms with Crippen molar-refractivity contribution in [1.29, 1.82) is 0 Å². The number of para-hydroxylation sites is 1. The summed E-state index contributed by atoms with van der Waals surface area (Å²) in [6, 6.07) is 10.3. The number of nitrogens with one attached hydrogen (secondary N) is 2. The molecule has 1 heterocycles. The van der Waals surface area contributed by atoms with Crippen LogP contribution < -0.4 is 14.8 Å². The number of carbonyl (C=O) groups excluding carboxylic acids is 2. The number of fused-ring (bicyclic) bond motifs is 1. The minimum absolute atomic E-state index is 0.0531. The molecule has 0 unspecified atom stereocenters. The molecule has 10 nitrogen and oxygen atoms in total. The Morgan fingerprint density at radius 1 is 1.18 bits per heavy atom. The van der Waals surface area contributed by atoms with Gasteiger partial charge in [-0.15, -0.1) is 0 Å². The molecule has 0 fully saturated rings. The Morgan fingerprint density at radius 3 is 2.45 bits per heavy atom. The number of nitrogens with zero attached hydrogens (tertiary/aromatic N) is 2. The SMILES string of the molecule is Cc1ccc(S(=O)(=O)Nc2cccc3c2O[C@@H](CN(C)C(=O)NC(C)C)[C@@H](C)CN([C@H](C)CO)C3=O)cc1. The molecule has 2 aromatic rings. The molecule has 3 N–H and O–H groups in total. The number of hydrogen-bond acceptors (Lipinski definition) is 6. The predicted octanol–water partition coefficient (Wildman–Crippen LogP) is 3.07. The third-order valence-electron chi connectivity index (χ3n) is 6.48. The molecule has 3 rings (SSSR count). The number of hydrogen-bond donors (Lipinski definition) is 3. The Labute approximate surface area is 225 Å². The molecule has 0 saturated carbocycles. The van der Waals surface area contributed by atoms with Crippen molar-refractivity contribution >= 4 is 27.6 Å². The molecule has 0 saturated heterocycles. The number of likely N-dealkylation sites (N-methyl/N-ethyl adjacent to an activating group) is 1. The van der Waals surface area contributed by atoms with Crippen LogP contribution >= 0.6 is 0 Å². The predicted molar refractivity (Wildman–Crippen MR) is 146 cm³/mol. The Kier molecular flexibility index (Phi) is 9.26. The summed E-state index contributed by atoms with van der Waals surface area (Å²) < 4.78 is 35.4. The van der Waals surface area contributed by atoms with Gasteiger partial charge in [0.15, 0.2) is 5.75 Å². The fourth-order valence-electron chi connectivity index (χ4n) is 4.17. The van der Waals surface area contributed by atoms with Gasteiger partial charge in [-0.3, -0.25) is 9.52 Å². The molecule has 0 bridgehead atoms. The van der Waals surface area contributed by atoms with E-state index in [1.807, 2.05) is 27.7 Å². The number of aliphatic hydroxyl groups is 1. The summed E-state index contributed by atoms with van der Waals surface area (Å²) in [4.78, 5) is 29.3. The number of ether oxygens (including phenoxy) is 1. The summed E-state index contributed by atoms with van der Waals surface area (Å²) in [5, 5.41) is 12.7. The van der Waals surface area contributed by atoms with Crippen molar-refractivity contribution < 1.29 is 27.9 Å². The molecule has 1 aliphatic rings. The first-order valence-electron chi connectivity index (χ1n) is 12.7. The van der Waals surface area contributed by atoms with Crippen molar-refractivity contribution in [2.75, 3.05) is 31.5 Å². The van der Waals surface area contributed by atoms with Gasteiger partial charge in [-0.1, -0.05) is 30.7 Å². The molecule has 3 atom stereocenters. The fourth-order valence-corrected chi connectivity index (χ4v) is 5.24. The number of carbonyl (C=O) groups is 2. The molecule has 38 heavy (non-hydrogen) atoms. The van der Waals surface area contributed by atoms with E-state index in [-0.39, 0.29) is 65.5 Å². The van der Waals surface area contributed by atoms with Crippen LogP contribution in [0.15, 0.2) is 47.4 Å². The summed E-state index contributed by atoms with van der Waals surface area (Å²) in [5.41, 5.74) is 1.20. The van der Waals surface area contributed by atoms with E-state index in [9.17, 15) is 23.1 Å². The van der Waals surface area contributed by atoms with E-state index in [4.69, 9.17) is 4.74 Å². The van der Waals surface area contributed by atoms with Gasteiger partial charge in [0.1, 0.15) is 6.10 Å². The number of aryl methyl sites for hydroxylation is 1. The van der Waals surface area contributed by atoms with Crippen LogP contribution in [0.4, 0.5) is 10.5 Å². The Bertz CT molecular complexity index is 1250. The lowest BCUT2D eigenvalue weighted by atomic mass is 9.99. The van der Waals surface area contributed by atoms with E-state index >= 15 is 0 Å². The number of rotatable bonds is 8. The van der Waals surface area contributed by atoms with Gasteiger partial charge in [0.2, 0.25) is 0 Å². The van der Waals surface area contributed by atoms with Crippen LogP contribution in [0.25, 0.3) is 0 Å². The normalized spacial score (nSPS) is 18.6. The van der Waals surface area contributed by atoms with Crippen LogP contribution in [0, 0.1) is 12.8 Å². The van der Waals surface area contributed by atoms with Crippen LogP contribution in [0.3, 0.4) is 0 Å². The van der Waals surface area contributed by atoms with Crippen molar-refractivity contribution in [3.05, 3.63) is 53.6 Å². The van der Waals surface area contributed by atoms with Gasteiger partial charge in [-0.05, 0) is 52.0 Å². The topological polar surface area (TPSA) is 128 Å². The minimum atomic E-state index is -3.99. The van der Waals surface area contributed by atoms with E-state index in [2.05, 4.69) is 10.0 Å². The van der Waals surface area contributed by atoms with Crippen molar-refractivity contribution in [2.45, 2.75) is 57.7 Å². The lowest BCUT2D eigenvalue weighted by molar-refractivity contribution is 0.0369. The minimum Gasteiger partial charge on any atom is -0.485 e. The molecular formula is C27H38N4O6S. The van der Waals surface area contributed by atoms with Crippen LogP contribution in [-0.4, -0.2) is 80.2 Å². The second-order valence-electron chi connectivity index (χ2n) is 10.2. The molecule has 2 aromatic carbocycles. The molecule has 3 amide bonds. The number of urea groups is 1. The lowest BCUT2D eigenvalue weighted by Gasteiger charge is -2.38. The number of amides is 3. The van der Waals surface area contributed by atoms with Crippen molar-refractivity contribution in [2.24, 2.45) is 5.92 Å². The van der Waals surface area contributed by atoms with E-state index in [1.165, 1.54) is 23.1 Å². The zero-order valence-electron chi connectivity index (χ0n) is 22.8. The van der Waals surface area contributed by atoms with Crippen molar-refractivity contribution in [3.63, 3.8) is 0 Å². The van der Waals surface area contributed by atoms with Crippen LogP contribution in [-0.2, 0) is 10.0 Å². The van der Waals surface area contributed by atoms with Gasteiger partial charge in [0.05, 0.1) is 35.3 Å². The third kappa shape index (κ3) is 6.76. The van der Waals surface area contributed by atoms with E-state index in [0.29, 0.717) is 0 Å². The van der Waals surface area contributed by atoms with Gasteiger partial charge in [0.25, 0.3) is 15.9 Å². The highest BCUT2D eigenvalue weighted by Gasteiger charge is 2.35. The maximum Gasteiger partial charge on any atom is 0.317 e. The monoisotopic (exact) mass is 546 g/mol. The quantitative estimate of drug-likeness (QED) is 0.467. The first-order valence-corrected chi connectivity index (χ1v) is 14.1. The van der Waals surface area contributed by atoms with Gasteiger partial charge >= 0.3 is 6.03 Å². The van der Waals surface area contributed by atoms with Crippen molar-refractivity contribution in [1.82, 2.24) is 15.1 Å². The molecule has 0 spiro atoms. The first-order chi connectivity index (χ1) is 17.8. The zero-order valence-corrected chi connectivity index (χ0v) is 23.6. The highest BCUT2D eigenvalue weighted by molar-refractivity contribution is 7.92. The van der Waals surface area contributed by atoms with Crippen LogP contribution in [0.1, 0.15) is 43.6 Å². The molecule has 1 aliphatic heterocycles. The number of benzene rings is 2. The average Bonchev–Trinajstić information content (AvgIpc) is 2.85. The molecule has 11 heteroatoms. The van der Waals surface area contributed by atoms with E-state index < -0.39 is 22.2 Å². The first kappa shape index (κ1) is 29.2.